The van der Waals surface area contributed by atoms with Crippen LogP contribution in [0.25, 0.3) is 16.3 Å². The second-order valence-electron chi connectivity index (χ2n) is 9.85. The maximum absolute atomic E-state index is 13.7. The molecular formula is C34H34N2O6S. The molecule has 1 aliphatic rings. The van der Waals surface area contributed by atoms with Crippen LogP contribution in [0, 0.1) is 0 Å². The van der Waals surface area contributed by atoms with E-state index in [4.69, 9.17) is 19.2 Å². The highest BCUT2D eigenvalue weighted by atomic mass is 32.1. The van der Waals surface area contributed by atoms with E-state index in [-0.39, 0.29) is 5.57 Å². The highest BCUT2D eigenvalue weighted by Crippen LogP contribution is 2.45. The first-order valence-electron chi connectivity index (χ1n) is 14.4. The van der Waals surface area contributed by atoms with Crippen LogP contribution in [0.1, 0.15) is 50.8 Å². The van der Waals surface area contributed by atoms with Crippen LogP contribution in [0.5, 0.6) is 17.2 Å². The second-order valence-corrected chi connectivity index (χ2v) is 10.9. The lowest BCUT2D eigenvalue weighted by molar-refractivity contribution is -0.117. The number of unbranched alkanes of at least 4 members (excludes halogenated alkanes) is 1. The van der Waals surface area contributed by atoms with Gasteiger partial charge < -0.3 is 19.3 Å². The van der Waals surface area contributed by atoms with Crippen molar-refractivity contribution in [2.45, 2.75) is 39.7 Å². The Hall–Kier alpha value is -4.63. The number of carbonyl (C=O) groups is 2. The lowest BCUT2D eigenvalue weighted by Gasteiger charge is -2.25. The second kappa shape index (κ2) is 13.6. The van der Waals surface area contributed by atoms with Crippen molar-refractivity contribution in [2.24, 2.45) is 0 Å². The number of aromatic nitrogens is 1. The molecule has 0 bridgehead atoms. The van der Waals surface area contributed by atoms with Crippen molar-refractivity contribution >= 4 is 44.5 Å². The summed E-state index contributed by atoms with van der Waals surface area (Å²) < 4.78 is 18.3. The quantitative estimate of drug-likeness (QED) is 0.126. The van der Waals surface area contributed by atoms with E-state index in [0.29, 0.717) is 53.3 Å². The molecule has 5 rings (SSSR count). The molecule has 222 valence electrons. The van der Waals surface area contributed by atoms with E-state index in [9.17, 15) is 14.7 Å². The number of ketones is 1. The number of benzene rings is 3. The number of rotatable bonds is 13. The number of allylic oxidation sites excluding steroid dienone is 1. The zero-order valence-electron chi connectivity index (χ0n) is 24.4. The van der Waals surface area contributed by atoms with Crippen molar-refractivity contribution in [2.75, 3.05) is 24.7 Å². The summed E-state index contributed by atoms with van der Waals surface area (Å²) >= 11 is 1.28. The van der Waals surface area contributed by atoms with Crippen LogP contribution in [-0.4, -0.2) is 41.6 Å². The van der Waals surface area contributed by atoms with Gasteiger partial charge in [-0.3, -0.25) is 14.5 Å². The van der Waals surface area contributed by atoms with Crippen molar-refractivity contribution in [1.82, 2.24) is 4.98 Å². The smallest absolute Gasteiger partial charge is 0.296 e. The van der Waals surface area contributed by atoms with Gasteiger partial charge in [0, 0.05) is 0 Å². The standard InChI is InChI=1S/C34H34N2O6S/c1-4-7-19-42-27-18-14-23(20-28(27)41-6-3)31-30(26(37)17-13-22-11-9-8-10-12-22)32(38)33(39)36(31)34-35-25-16-15-24(40-5-2)21-29(25)43-34/h8-18,20-21,31,38H,4-7,19H2,1-3H3/b17-13+. The van der Waals surface area contributed by atoms with Gasteiger partial charge in [-0.25, -0.2) is 4.98 Å². The Kier molecular flexibility index (Phi) is 9.41. The number of amides is 1. The van der Waals surface area contributed by atoms with E-state index in [2.05, 4.69) is 6.92 Å². The molecule has 4 aromatic rings. The molecule has 8 nitrogen and oxygen atoms in total. The number of hydrogen-bond acceptors (Lipinski definition) is 8. The third-order valence-corrected chi connectivity index (χ3v) is 7.92. The number of hydrogen-bond donors (Lipinski definition) is 1. The molecule has 1 amide bonds. The molecule has 1 N–H and O–H groups in total. The summed E-state index contributed by atoms with van der Waals surface area (Å²) in [7, 11) is 0. The first-order chi connectivity index (χ1) is 20.9. The normalized spacial score (nSPS) is 15.1. The fraction of sp³-hybridized carbons (Fsp3) is 0.265. The van der Waals surface area contributed by atoms with Crippen molar-refractivity contribution in [3.05, 3.63) is 95.3 Å². The number of ether oxygens (including phenoxy) is 3. The van der Waals surface area contributed by atoms with Crippen LogP contribution in [0.3, 0.4) is 0 Å². The van der Waals surface area contributed by atoms with Crippen molar-refractivity contribution < 1.29 is 28.9 Å². The topological polar surface area (TPSA) is 98.2 Å². The molecule has 0 radical (unpaired) electrons. The van der Waals surface area contributed by atoms with Gasteiger partial charge in [-0.05, 0) is 67.8 Å². The third-order valence-electron chi connectivity index (χ3n) is 6.90. The van der Waals surface area contributed by atoms with Gasteiger partial charge in [-0.2, -0.15) is 0 Å². The molecule has 0 fully saturated rings. The fourth-order valence-electron chi connectivity index (χ4n) is 4.86. The number of nitrogens with zero attached hydrogens (tertiary/aromatic N) is 2. The predicted octanol–water partition coefficient (Wildman–Crippen LogP) is 7.46. The Bertz CT molecular complexity index is 1680. The average molecular weight is 599 g/mol. The zero-order chi connectivity index (χ0) is 30.3. The molecule has 0 saturated heterocycles. The molecule has 2 heterocycles. The molecule has 9 heteroatoms. The molecule has 0 spiro atoms. The molecule has 1 atom stereocenters. The largest absolute Gasteiger partial charge is 0.503 e. The Balaban J connectivity index is 1.60. The van der Waals surface area contributed by atoms with Crippen LogP contribution >= 0.6 is 11.3 Å². The molecule has 43 heavy (non-hydrogen) atoms. The van der Waals surface area contributed by atoms with E-state index in [1.165, 1.54) is 22.3 Å². The van der Waals surface area contributed by atoms with Gasteiger partial charge in [0.1, 0.15) is 5.75 Å². The van der Waals surface area contributed by atoms with E-state index in [1.807, 2.05) is 62.4 Å². The molecular weight excluding hydrogens is 564 g/mol. The Morgan fingerprint density at radius 3 is 2.51 bits per heavy atom. The van der Waals surface area contributed by atoms with Gasteiger partial charge in [0.15, 0.2) is 28.2 Å². The van der Waals surface area contributed by atoms with Crippen LogP contribution in [0.4, 0.5) is 5.13 Å². The monoisotopic (exact) mass is 598 g/mol. The molecule has 0 aliphatic carbocycles. The summed E-state index contributed by atoms with van der Waals surface area (Å²) in [6, 6.07) is 19.3. The highest BCUT2D eigenvalue weighted by Gasteiger charge is 2.45. The van der Waals surface area contributed by atoms with Crippen LogP contribution in [0.15, 0.2) is 84.1 Å². The molecule has 1 unspecified atom stereocenters. The Morgan fingerprint density at radius 1 is 0.977 bits per heavy atom. The summed E-state index contributed by atoms with van der Waals surface area (Å²) in [4.78, 5) is 33.5. The van der Waals surface area contributed by atoms with Gasteiger partial charge in [-0.15, -0.1) is 0 Å². The van der Waals surface area contributed by atoms with Crippen molar-refractivity contribution in [1.29, 1.82) is 0 Å². The summed E-state index contributed by atoms with van der Waals surface area (Å²) in [6.07, 6.45) is 4.92. The van der Waals surface area contributed by atoms with Crippen molar-refractivity contribution in [3.63, 3.8) is 0 Å². The Labute approximate surface area is 254 Å². The minimum Gasteiger partial charge on any atom is -0.503 e. The van der Waals surface area contributed by atoms with Crippen LogP contribution in [0.2, 0.25) is 0 Å². The van der Waals surface area contributed by atoms with Gasteiger partial charge in [0.25, 0.3) is 5.91 Å². The lowest BCUT2D eigenvalue weighted by Crippen LogP contribution is -2.30. The first kappa shape index (κ1) is 29.8. The van der Waals surface area contributed by atoms with Crippen LogP contribution < -0.4 is 19.1 Å². The minimum absolute atomic E-state index is 0.0338. The lowest BCUT2D eigenvalue weighted by atomic mass is 9.95. The van der Waals surface area contributed by atoms with E-state index in [1.54, 1.807) is 24.3 Å². The molecule has 1 aliphatic heterocycles. The zero-order valence-corrected chi connectivity index (χ0v) is 25.2. The predicted molar refractivity (Wildman–Crippen MR) is 169 cm³/mol. The van der Waals surface area contributed by atoms with Gasteiger partial charge in [0.05, 0.1) is 41.7 Å². The minimum atomic E-state index is -0.948. The van der Waals surface area contributed by atoms with Gasteiger partial charge in [0.2, 0.25) is 0 Å². The van der Waals surface area contributed by atoms with E-state index >= 15 is 0 Å². The van der Waals surface area contributed by atoms with E-state index < -0.39 is 23.5 Å². The Morgan fingerprint density at radius 2 is 1.77 bits per heavy atom. The summed E-state index contributed by atoms with van der Waals surface area (Å²) in [5.74, 6) is -0.0360. The average Bonchev–Trinajstić information content (AvgIpc) is 3.55. The summed E-state index contributed by atoms with van der Waals surface area (Å²) in [5, 5.41) is 11.5. The van der Waals surface area contributed by atoms with E-state index in [0.717, 1.165) is 23.1 Å². The number of carbonyl (C=O) groups excluding carboxylic acids is 2. The molecule has 0 saturated carbocycles. The number of aliphatic hydroxyl groups excluding tert-OH is 1. The number of fused-ring (bicyclic) bond motifs is 1. The number of aliphatic hydroxyl groups is 1. The molecule has 1 aromatic heterocycles. The maximum atomic E-state index is 13.7. The van der Waals surface area contributed by atoms with Gasteiger partial charge >= 0.3 is 0 Å². The SMILES string of the molecule is CCCCOc1ccc(C2C(C(=O)/C=C/c3ccccc3)=C(O)C(=O)N2c2nc3ccc(OCC)cc3s2)cc1OCC. The number of thiazole rings is 1. The molecule has 3 aromatic carbocycles. The van der Waals surface area contributed by atoms with Crippen molar-refractivity contribution in [3.8, 4) is 17.2 Å². The number of anilines is 1. The first-order valence-corrected chi connectivity index (χ1v) is 15.2. The van der Waals surface area contributed by atoms with Crippen LogP contribution in [-0.2, 0) is 9.59 Å². The summed E-state index contributed by atoms with van der Waals surface area (Å²) in [6.45, 7) is 7.32. The maximum Gasteiger partial charge on any atom is 0.296 e. The van der Waals surface area contributed by atoms with Gasteiger partial charge in [-0.1, -0.05) is 67.2 Å². The fourth-order valence-corrected chi connectivity index (χ4v) is 5.88. The highest BCUT2D eigenvalue weighted by molar-refractivity contribution is 7.22. The third kappa shape index (κ3) is 6.41. The summed E-state index contributed by atoms with van der Waals surface area (Å²) in [5.41, 5.74) is 2.04.